The maximum atomic E-state index is 12.8. The smallest absolute Gasteiger partial charge is 0.187 e. The number of aryl methyl sites for hydroxylation is 1. The lowest BCUT2D eigenvalue weighted by Gasteiger charge is -2.16. The summed E-state index contributed by atoms with van der Waals surface area (Å²) in [6.45, 7) is 1.86. The number of carbonyl (C=O) groups is 2. The fourth-order valence-electron chi connectivity index (χ4n) is 4.02. The summed E-state index contributed by atoms with van der Waals surface area (Å²) in [6.07, 6.45) is 5.28. The van der Waals surface area contributed by atoms with Crippen molar-refractivity contribution in [3.63, 3.8) is 0 Å². The van der Waals surface area contributed by atoms with E-state index in [9.17, 15) is 9.59 Å². The maximum absolute atomic E-state index is 12.8. The van der Waals surface area contributed by atoms with Crippen molar-refractivity contribution < 1.29 is 15.8 Å². The Labute approximate surface area is 128 Å². The number of ketones is 2. The van der Waals surface area contributed by atoms with Crippen molar-refractivity contribution in [3.8, 4) is 0 Å². The second kappa shape index (κ2) is 4.61. The Morgan fingerprint density at radius 2 is 1.86 bits per heavy atom. The Kier molecular flexibility index (Phi) is 2.94. The number of aromatic nitrogens is 2. The molecule has 4 rings (SSSR count). The average Bonchev–Trinajstić information content (AvgIpc) is 3.15. The summed E-state index contributed by atoms with van der Waals surface area (Å²) in [5, 5.41) is 0.604. The van der Waals surface area contributed by atoms with E-state index < -0.39 is 5.92 Å². The van der Waals surface area contributed by atoms with Crippen molar-refractivity contribution >= 4 is 23.3 Å². The van der Waals surface area contributed by atoms with Gasteiger partial charge in [-0.1, -0.05) is 11.8 Å². The Balaban J connectivity index is 0.00000144. The molecule has 5 nitrogen and oxygen atoms in total. The fourth-order valence-corrected chi connectivity index (χ4v) is 4.37. The fraction of sp³-hybridized carbons (Fsp3) is 0.600. The van der Waals surface area contributed by atoms with E-state index in [0.29, 0.717) is 10.9 Å². The molecule has 2 saturated heterocycles. The highest BCUT2D eigenvalue weighted by Gasteiger charge is 2.63. The van der Waals surface area contributed by atoms with Crippen molar-refractivity contribution in [1.29, 1.82) is 0 Å². The number of thioether (sulfide) groups is 1. The zero-order chi connectivity index (χ0) is 14.7. The van der Waals surface area contributed by atoms with E-state index in [1.54, 1.807) is 6.20 Å². The molecule has 3 aliphatic rings. The lowest BCUT2D eigenvalue weighted by molar-refractivity contribution is -0.127. The standard InChI is InChI=1S/C15H16N2O3S.H2/c1-6-5-16-15(21-2)17-12(6)11-13(18)9-7-3-4-8(20-7)10(9)14(11)19;/h5,7-11H,3-4H2,1-2H3;1H/t7-,8+,9-,10?,11?;/m1./s1. The summed E-state index contributed by atoms with van der Waals surface area (Å²) < 4.78 is 5.76. The first-order valence-corrected chi connectivity index (χ1v) is 8.44. The number of nitrogens with zero attached hydrogens (tertiary/aromatic N) is 2. The molecule has 0 N–H and O–H groups in total. The van der Waals surface area contributed by atoms with Crippen LogP contribution in [0, 0.1) is 18.8 Å². The highest BCUT2D eigenvalue weighted by atomic mass is 32.2. The first kappa shape index (κ1) is 13.4. The highest BCUT2D eigenvalue weighted by molar-refractivity contribution is 7.98. The Hall–Kier alpha value is -1.27. The number of fused-ring (bicyclic) bond motifs is 5. The molecule has 0 amide bonds. The van der Waals surface area contributed by atoms with Crippen LogP contribution in [-0.4, -0.2) is 40.0 Å². The van der Waals surface area contributed by atoms with Crippen molar-refractivity contribution in [2.75, 3.05) is 6.26 Å². The minimum atomic E-state index is -0.708. The number of Topliss-reactive ketones (excluding diaryl/α,β-unsaturated/α-hetero) is 2. The van der Waals surface area contributed by atoms with Gasteiger partial charge in [0.05, 0.1) is 29.7 Å². The largest absolute Gasteiger partial charge is 0.373 e. The van der Waals surface area contributed by atoms with E-state index in [-0.39, 0.29) is 37.0 Å². The molecule has 21 heavy (non-hydrogen) atoms. The number of ether oxygens (including phenoxy) is 1. The quantitative estimate of drug-likeness (QED) is 0.471. The van der Waals surface area contributed by atoms with Crippen LogP contribution in [0.1, 0.15) is 31.4 Å². The van der Waals surface area contributed by atoms with Gasteiger partial charge in [-0.3, -0.25) is 9.59 Å². The van der Waals surface area contributed by atoms with Crippen LogP contribution < -0.4 is 0 Å². The van der Waals surface area contributed by atoms with Crippen LogP contribution in [0.2, 0.25) is 0 Å². The monoisotopic (exact) mass is 306 g/mol. The normalized spacial score (nSPS) is 37.3. The third-order valence-corrected chi connectivity index (χ3v) is 5.51. The molecule has 0 radical (unpaired) electrons. The van der Waals surface area contributed by atoms with Crippen LogP contribution in [0.4, 0.5) is 0 Å². The maximum Gasteiger partial charge on any atom is 0.187 e. The summed E-state index contributed by atoms with van der Waals surface area (Å²) >= 11 is 1.42. The van der Waals surface area contributed by atoms with Gasteiger partial charge in [0, 0.05) is 7.62 Å². The molecule has 2 bridgehead atoms. The molecule has 1 saturated carbocycles. The van der Waals surface area contributed by atoms with Crippen molar-refractivity contribution in [2.45, 2.75) is 43.0 Å². The van der Waals surface area contributed by atoms with Gasteiger partial charge in [0.1, 0.15) is 5.92 Å². The van der Waals surface area contributed by atoms with Crippen molar-refractivity contribution in [3.05, 3.63) is 17.5 Å². The first-order chi connectivity index (χ1) is 10.1. The van der Waals surface area contributed by atoms with Gasteiger partial charge in [-0.05, 0) is 31.6 Å². The summed E-state index contributed by atoms with van der Waals surface area (Å²) in [5.74, 6) is -1.18. The second-order valence-corrected chi connectivity index (χ2v) is 6.78. The molecule has 1 aromatic rings. The minimum Gasteiger partial charge on any atom is -0.373 e. The third-order valence-electron chi connectivity index (χ3n) is 4.94. The third kappa shape index (κ3) is 1.75. The number of rotatable bonds is 2. The highest BCUT2D eigenvalue weighted by Crippen LogP contribution is 2.52. The molecule has 5 atom stereocenters. The number of carbonyl (C=O) groups excluding carboxylic acids is 2. The topological polar surface area (TPSA) is 69.2 Å². The second-order valence-electron chi connectivity index (χ2n) is 6.00. The lowest BCUT2D eigenvalue weighted by atomic mass is 9.81. The van der Waals surface area contributed by atoms with Gasteiger partial charge < -0.3 is 4.74 Å². The van der Waals surface area contributed by atoms with Crippen LogP contribution in [0.25, 0.3) is 0 Å². The summed E-state index contributed by atoms with van der Waals surface area (Å²) in [5.41, 5.74) is 1.41. The van der Waals surface area contributed by atoms with Crippen molar-refractivity contribution in [2.24, 2.45) is 11.8 Å². The van der Waals surface area contributed by atoms with E-state index in [4.69, 9.17) is 4.74 Å². The van der Waals surface area contributed by atoms with Gasteiger partial charge >= 0.3 is 0 Å². The molecule has 1 aliphatic carbocycles. The molecule has 1 aromatic heterocycles. The van der Waals surface area contributed by atoms with Crippen LogP contribution in [0.5, 0.6) is 0 Å². The van der Waals surface area contributed by atoms with E-state index in [1.807, 2.05) is 13.2 Å². The molecular weight excluding hydrogens is 288 g/mol. The van der Waals surface area contributed by atoms with Crippen LogP contribution >= 0.6 is 11.8 Å². The molecule has 6 heteroatoms. The average molecular weight is 306 g/mol. The van der Waals surface area contributed by atoms with Crippen LogP contribution in [0.3, 0.4) is 0 Å². The zero-order valence-electron chi connectivity index (χ0n) is 11.9. The Morgan fingerprint density at radius 3 is 2.43 bits per heavy atom. The van der Waals surface area contributed by atoms with E-state index >= 15 is 0 Å². The van der Waals surface area contributed by atoms with E-state index in [0.717, 1.165) is 18.4 Å². The molecule has 3 fully saturated rings. The number of hydrogen-bond donors (Lipinski definition) is 0. The Morgan fingerprint density at radius 1 is 1.24 bits per heavy atom. The first-order valence-electron chi connectivity index (χ1n) is 7.22. The summed E-state index contributed by atoms with van der Waals surface area (Å²) in [7, 11) is 0. The van der Waals surface area contributed by atoms with Crippen LogP contribution in [-0.2, 0) is 14.3 Å². The number of hydrogen-bond acceptors (Lipinski definition) is 6. The van der Waals surface area contributed by atoms with Gasteiger partial charge in [0.25, 0.3) is 0 Å². The molecular formula is C15H18N2O3S. The summed E-state index contributed by atoms with van der Waals surface area (Å²) in [4.78, 5) is 34.2. The van der Waals surface area contributed by atoms with Crippen molar-refractivity contribution in [1.82, 2.24) is 9.97 Å². The predicted octanol–water partition coefficient (Wildman–Crippen LogP) is 1.78. The van der Waals surface area contributed by atoms with Gasteiger partial charge in [-0.25, -0.2) is 9.97 Å². The van der Waals surface area contributed by atoms with Crippen LogP contribution in [0.15, 0.2) is 11.4 Å². The Bertz CT molecular complexity index is 626. The van der Waals surface area contributed by atoms with Gasteiger partial charge in [0.2, 0.25) is 0 Å². The van der Waals surface area contributed by atoms with Gasteiger partial charge in [-0.2, -0.15) is 0 Å². The predicted molar refractivity (Wildman–Crippen MR) is 78.3 cm³/mol. The molecule has 2 aliphatic heterocycles. The molecule has 112 valence electrons. The zero-order valence-corrected chi connectivity index (χ0v) is 12.7. The molecule has 2 unspecified atom stereocenters. The molecule has 0 aromatic carbocycles. The SMILES string of the molecule is CSc1ncc(C)c(C2C(=O)C3[C@@H]4CC[C@@H](O4)[C@H]3C2=O)n1.[HH]. The molecule has 3 heterocycles. The van der Waals surface area contributed by atoms with Gasteiger partial charge in [-0.15, -0.1) is 0 Å². The van der Waals surface area contributed by atoms with E-state index in [1.165, 1.54) is 11.8 Å². The van der Waals surface area contributed by atoms with E-state index in [2.05, 4.69) is 9.97 Å². The lowest BCUT2D eigenvalue weighted by Crippen LogP contribution is -2.29. The summed E-state index contributed by atoms with van der Waals surface area (Å²) in [6, 6.07) is 0. The minimum absolute atomic E-state index is 0. The van der Waals surface area contributed by atoms with Gasteiger partial charge in [0.15, 0.2) is 16.7 Å². The molecule has 0 spiro atoms.